The van der Waals surface area contributed by atoms with E-state index in [1.165, 1.54) is 16.8 Å². The second-order valence-corrected chi connectivity index (χ2v) is 6.47. The van der Waals surface area contributed by atoms with E-state index in [-0.39, 0.29) is 0 Å². The van der Waals surface area contributed by atoms with Crippen LogP contribution in [0.2, 0.25) is 0 Å². The molecule has 0 amide bonds. The van der Waals surface area contributed by atoms with E-state index in [1.54, 1.807) is 6.20 Å². The summed E-state index contributed by atoms with van der Waals surface area (Å²) in [4.78, 5) is 11.5. The van der Waals surface area contributed by atoms with Gasteiger partial charge in [0, 0.05) is 18.4 Å². The second kappa shape index (κ2) is 7.52. The van der Waals surface area contributed by atoms with Gasteiger partial charge >= 0.3 is 0 Å². The van der Waals surface area contributed by atoms with Gasteiger partial charge in [-0.3, -0.25) is 4.98 Å². The Kier molecular flexibility index (Phi) is 5.17. The summed E-state index contributed by atoms with van der Waals surface area (Å²) in [6, 6.07) is 12.9. The van der Waals surface area contributed by atoms with E-state index in [4.69, 9.17) is 4.98 Å². The van der Waals surface area contributed by atoms with Gasteiger partial charge in [0.05, 0.1) is 22.9 Å². The lowest BCUT2D eigenvalue weighted by atomic mass is 10.1. The molecule has 0 aliphatic rings. The minimum atomic E-state index is 0.846. The van der Waals surface area contributed by atoms with E-state index in [0.717, 1.165) is 34.4 Å². The fourth-order valence-electron chi connectivity index (χ4n) is 3.11. The summed E-state index contributed by atoms with van der Waals surface area (Å²) in [5, 5.41) is 0. The van der Waals surface area contributed by atoms with Crippen LogP contribution in [0.3, 0.4) is 0 Å². The molecule has 0 saturated heterocycles. The molecule has 0 aliphatic carbocycles. The molecule has 3 nitrogen and oxygen atoms in total. The number of nitrogens with zero attached hydrogens (tertiary/aromatic N) is 3. The smallest absolute Gasteiger partial charge is 0.0915 e. The summed E-state index contributed by atoms with van der Waals surface area (Å²) >= 11 is 0. The van der Waals surface area contributed by atoms with Gasteiger partial charge in [0.2, 0.25) is 0 Å². The maximum atomic E-state index is 4.78. The third-order valence-electron chi connectivity index (χ3n) is 4.66. The highest BCUT2D eigenvalue weighted by Crippen LogP contribution is 2.28. The summed E-state index contributed by atoms with van der Waals surface area (Å²) in [6.07, 6.45) is 6.64. The van der Waals surface area contributed by atoms with Crippen LogP contribution in [0, 0.1) is 6.92 Å². The normalized spacial score (nSPS) is 11.6. The highest BCUT2D eigenvalue weighted by atomic mass is 15.1. The van der Waals surface area contributed by atoms with Crippen molar-refractivity contribution in [1.82, 2.24) is 9.97 Å². The topological polar surface area (TPSA) is 29.0 Å². The zero-order valence-corrected chi connectivity index (χ0v) is 16.0. The Morgan fingerprint density at radius 1 is 1.12 bits per heavy atom. The quantitative estimate of drug-likeness (QED) is 0.543. The molecular weight excluding hydrogens is 318 g/mol. The Bertz CT molecular complexity index is 986. The second-order valence-electron chi connectivity index (χ2n) is 6.47. The molecule has 0 unspecified atom stereocenters. The fourth-order valence-corrected chi connectivity index (χ4v) is 3.11. The van der Waals surface area contributed by atoms with E-state index in [2.05, 4.69) is 67.7 Å². The Hall–Kier alpha value is -2.94. The van der Waals surface area contributed by atoms with E-state index in [0.29, 0.717) is 0 Å². The van der Waals surface area contributed by atoms with E-state index in [9.17, 15) is 0 Å². The molecule has 1 aromatic heterocycles. The lowest BCUT2D eigenvalue weighted by Gasteiger charge is -2.21. The lowest BCUT2D eigenvalue weighted by Crippen LogP contribution is -2.10. The third kappa shape index (κ3) is 3.52. The van der Waals surface area contributed by atoms with Crippen LogP contribution in [0.4, 0.5) is 11.4 Å². The van der Waals surface area contributed by atoms with E-state index in [1.807, 2.05) is 25.1 Å². The van der Waals surface area contributed by atoms with Crippen LogP contribution >= 0.6 is 0 Å². The van der Waals surface area contributed by atoms with Crippen LogP contribution in [0.15, 0.2) is 61.3 Å². The number of hydrogen-bond acceptors (Lipinski definition) is 3. The molecule has 0 atom stereocenters. The zero-order chi connectivity index (χ0) is 18.7. The van der Waals surface area contributed by atoms with Crippen LogP contribution in [-0.2, 0) is 6.42 Å². The summed E-state index contributed by atoms with van der Waals surface area (Å²) in [6.45, 7) is 10.2. The highest BCUT2D eigenvalue weighted by Gasteiger charge is 2.09. The first-order valence-electron chi connectivity index (χ1n) is 8.96. The number of anilines is 2. The van der Waals surface area contributed by atoms with Gasteiger partial charge in [-0.05, 0) is 67.3 Å². The molecule has 0 bridgehead atoms. The molecule has 0 spiro atoms. The number of benzene rings is 2. The Morgan fingerprint density at radius 2 is 1.92 bits per heavy atom. The first-order valence-corrected chi connectivity index (χ1v) is 8.96. The molecule has 3 rings (SSSR count). The summed E-state index contributed by atoms with van der Waals surface area (Å²) in [5.41, 5.74) is 8.52. The zero-order valence-electron chi connectivity index (χ0n) is 16.0. The first kappa shape index (κ1) is 17.9. The number of hydrogen-bond donors (Lipinski definition) is 0. The molecule has 0 N–H and O–H groups in total. The van der Waals surface area contributed by atoms with Crippen molar-refractivity contribution in [2.24, 2.45) is 0 Å². The van der Waals surface area contributed by atoms with Crippen molar-refractivity contribution >= 4 is 28.0 Å². The molecule has 0 saturated carbocycles. The fraction of sp³-hybridized carbons (Fsp3) is 0.217. The molecule has 2 aromatic carbocycles. The van der Waals surface area contributed by atoms with Crippen molar-refractivity contribution in [2.45, 2.75) is 27.2 Å². The van der Waals surface area contributed by atoms with Crippen LogP contribution in [0.25, 0.3) is 16.6 Å². The third-order valence-corrected chi connectivity index (χ3v) is 4.66. The molecule has 1 heterocycles. The average Bonchev–Trinajstić information content (AvgIpc) is 2.67. The minimum absolute atomic E-state index is 0.846. The van der Waals surface area contributed by atoms with Crippen molar-refractivity contribution in [3.8, 4) is 0 Å². The molecule has 132 valence electrons. The van der Waals surface area contributed by atoms with Gasteiger partial charge < -0.3 is 4.90 Å². The highest BCUT2D eigenvalue weighted by molar-refractivity contribution is 5.83. The van der Waals surface area contributed by atoms with Crippen LogP contribution < -0.4 is 4.90 Å². The summed E-state index contributed by atoms with van der Waals surface area (Å²) in [5.74, 6) is 0. The van der Waals surface area contributed by atoms with E-state index >= 15 is 0 Å². The SMILES string of the molecule is C=C/C(=C\C)c1cnc2ccc(N(C)c3cc(C)cc(CC)c3)cc2n1. The van der Waals surface area contributed by atoms with Gasteiger partial charge in [-0.25, -0.2) is 4.98 Å². The predicted molar refractivity (Wildman–Crippen MR) is 112 cm³/mol. The van der Waals surface area contributed by atoms with Gasteiger partial charge in [-0.15, -0.1) is 0 Å². The number of allylic oxidation sites excluding steroid dienone is 3. The molecule has 0 radical (unpaired) electrons. The molecule has 3 heteroatoms. The van der Waals surface area contributed by atoms with Crippen molar-refractivity contribution < 1.29 is 0 Å². The first-order chi connectivity index (χ1) is 12.5. The van der Waals surface area contributed by atoms with Crippen LogP contribution in [0.1, 0.15) is 30.7 Å². The molecule has 0 fully saturated rings. The van der Waals surface area contributed by atoms with Crippen molar-refractivity contribution in [2.75, 3.05) is 11.9 Å². The van der Waals surface area contributed by atoms with Crippen LogP contribution in [-0.4, -0.2) is 17.0 Å². The molecule has 0 aliphatic heterocycles. The van der Waals surface area contributed by atoms with Crippen molar-refractivity contribution in [3.05, 3.63) is 78.1 Å². The number of aryl methyl sites for hydroxylation is 2. The Balaban J connectivity index is 2.04. The number of rotatable bonds is 5. The van der Waals surface area contributed by atoms with Gasteiger partial charge in [0.15, 0.2) is 0 Å². The number of fused-ring (bicyclic) bond motifs is 1. The maximum Gasteiger partial charge on any atom is 0.0915 e. The monoisotopic (exact) mass is 343 g/mol. The molecule has 3 aromatic rings. The standard InChI is InChI=1S/C23H25N3/c1-6-17-11-16(4)12-20(13-17)26(5)19-9-10-21-22(14-19)25-23(15-24-21)18(7-2)8-3/h7-15H,2,6H2,1,3-5H3/b18-8+. The summed E-state index contributed by atoms with van der Waals surface area (Å²) < 4.78 is 0. The maximum absolute atomic E-state index is 4.78. The van der Waals surface area contributed by atoms with Gasteiger partial charge in [0.1, 0.15) is 0 Å². The lowest BCUT2D eigenvalue weighted by molar-refractivity contribution is 1.11. The Labute approximate surface area is 155 Å². The van der Waals surface area contributed by atoms with Crippen molar-refractivity contribution in [1.29, 1.82) is 0 Å². The van der Waals surface area contributed by atoms with Crippen LogP contribution in [0.5, 0.6) is 0 Å². The van der Waals surface area contributed by atoms with E-state index < -0.39 is 0 Å². The van der Waals surface area contributed by atoms with Crippen molar-refractivity contribution in [3.63, 3.8) is 0 Å². The van der Waals surface area contributed by atoms with Gasteiger partial charge in [-0.1, -0.05) is 31.7 Å². The molecule has 26 heavy (non-hydrogen) atoms. The van der Waals surface area contributed by atoms with Gasteiger partial charge in [0.25, 0.3) is 0 Å². The summed E-state index contributed by atoms with van der Waals surface area (Å²) in [7, 11) is 2.09. The molecular formula is C23H25N3. The minimum Gasteiger partial charge on any atom is -0.345 e. The van der Waals surface area contributed by atoms with Gasteiger partial charge in [-0.2, -0.15) is 0 Å². The largest absolute Gasteiger partial charge is 0.345 e. The Morgan fingerprint density at radius 3 is 2.62 bits per heavy atom. The number of aromatic nitrogens is 2. The average molecular weight is 343 g/mol. The predicted octanol–water partition coefficient (Wildman–Crippen LogP) is 5.86.